The lowest BCUT2D eigenvalue weighted by Crippen LogP contribution is -2.04. The van der Waals surface area contributed by atoms with Crippen molar-refractivity contribution in [1.29, 1.82) is 0 Å². The van der Waals surface area contributed by atoms with Crippen molar-refractivity contribution >= 4 is 25.1 Å². The predicted molar refractivity (Wildman–Crippen MR) is 59.4 cm³/mol. The van der Waals surface area contributed by atoms with E-state index in [1.807, 2.05) is 0 Å². The molecule has 0 aliphatic rings. The molecule has 1 aromatic heterocycles. The minimum atomic E-state index is -4.38. The van der Waals surface area contributed by atoms with E-state index in [1.165, 1.54) is 12.1 Å². The van der Waals surface area contributed by atoms with Crippen molar-refractivity contribution in [2.45, 2.75) is 6.18 Å². The predicted octanol–water partition coefficient (Wildman–Crippen LogP) is 4.16. The van der Waals surface area contributed by atoms with Crippen LogP contribution in [-0.4, -0.2) is 13.5 Å². The molecule has 1 aromatic carbocycles. The van der Waals surface area contributed by atoms with Crippen molar-refractivity contribution in [3.8, 4) is 5.75 Å². The Hall–Kier alpha value is -0.890. The average Bonchev–Trinajstić information content (AvgIpc) is 2.29. The monoisotopic (exact) mass is 296 g/mol. The fraction of sp³-hybridized carbons (Fsp3) is 0.143. The highest BCUT2D eigenvalue weighted by Crippen LogP contribution is 2.33. The van der Waals surface area contributed by atoms with Crippen molar-refractivity contribution in [2.75, 3.05) is 0 Å². The molecule has 0 saturated carbocycles. The van der Waals surface area contributed by atoms with Crippen LogP contribution in [0.1, 0.15) is 5.56 Å². The van der Waals surface area contributed by atoms with Gasteiger partial charge in [-0.25, -0.2) is 0 Å². The molecule has 0 atom stereocenters. The molecular formula is C7H4F3N3OP3+. The first-order valence-electron chi connectivity index (χ1n) is 4.23. The molecule has 0 fully saturated rings. The van der Waals surface area contributed by atoms with E-state index in [4.69, 9.17) is 4.52 Å². The summed E-state index contributed by atoms with van der Waals surface area (Å²) < 4.78 is 54.2. The van der Waals surface area contributed by atoms with Crippen LogP contribution in [0.25, 0.3) is 0 Å². The van der Waals surface area contributed by atoms with Crippen LogP contribution in [-0.2, 0) is 6.18 Å². The van der Waals surface area contributed by atoms with Gasteiger partial charge >= 0.3 is 31.3 Å². The van der Waals surface area contributed by atoms with Crippen molar-refractivity contribution in [3.63, 3.8) is 0 Å². The van der Waals surface area contributed by atoms with Gasteiger partial charge < -0.3 is 4.52 Å². The van der Waals surface area contributed by atoms with Crippen molar-refractivity contribution in [2.24, 2.45) is 0 Å². The van der Waals surface area contributed by atoms with Crippen molar-refractivity contribution in [1.82, 2.24) is 13.5 Å². The summed E-state index contributed by atoms with van der Waals surface area (Å²) in [7, 11) is -0.429. The normalized spacial score (nSPS) is 13.2. The molecule has 0 amide bonds. The Bertz CT molecular complexity index is 510. The molecule has 0 radical (unpaired) electrons. The fourth-order valence-electron chi connectivity index (χ4n) is 1.000. The van der Waals surface area contributed by atoms with Gasteiger partial charge in [0.25, 0.3) is 0 Å². The quantitative estimate of drug-likeness (QED) is 0.834. The van der Waals surface area contributed by atoms with Crippen LogP contribution in [0.5, 0.6) is 5.75 Å². The maximum Gasteiger partial charge on any atom is 0.416 e. The molecule has 0 saturated heterocycles. The summed E-state index contributed by atoms with van der Waals surface area (Å²) in [5, 5.41) is 0. The maximum absolute atomic E-state index is 12.4. The largest absolute Gasteiger partial charge is 0.416 e. The first-order valence-corrected chi connectivity index (χ1v) is 6.99. The van der Waals surface area contributed by atoms with E-state index in [2.05, 4.69) is 13.5 Å². The van der Waals surface area contributed by atoms with Crippen molar-refractivity contribution in [3.05, 3.63) is 29.8 Å². The molecule has 0 unspecified atom stereocenters. The van der Waals surface area contributed by atoms with Gasteiger partial charge in [0.05, 0.1) is 5.56 Å². The molecule has 0 aliphatic carbocycles. The highest BCUT2D eigenvalue weighted by molar-refractivity contribution is 7.50. The first-order chi connectivity index (χ1) is 8.05. The van der Waals surface area contributed by atoms with Gasteiger partial charge in [0.15, 0.2) is 5.75 Å². The lowest BCUT2D eigenvalue weighted by atomic mass is 10.2. The highest BCUT2D eigenvalue weighted by Gasteiger charge is 2.30. The number of aromatic nitrogens is 3. The summed E-state index contributed by atoms with van der Waals surface area (Å²) in [6.45, 7) is 0. The molecule has 0 aliphatic heterocycles. The lowest BCUT2D eigenvalue weighted by molar-refractivity contribution is -0.137. The third kappa shape index (κ3) is 3.53. The molecule has 17 heavy (non-hydrogen) atoms. The Kier molecular flexibility index (Phi) is 3.82. The standard InChI is InChI=1S/C7H4F3N3OP3/c8-7(9,10)5-2-1-3-6(4-5)14-17-12-15-11-16-13-17/h1-4H/q+1. The van der Waals surface area contributed by atoms with Gasteiger partial charge in [-0.3, -0.25) is 0 Å². The Morgan fingerprint density at radius 1 is 1.18 bits per heavy atom. The second-order valence-corrected chi connectivity index (χ2v) is 6.01. The SMILES string of the molecule is FC(F)(F)c1cccc(O[p+]2npnpn2)c1. The van der Waals surface area contributed by atoms with Crippen LogP contribution in [0.3, 0.4) is 0 Å². The summed E-state index contributed by atoms with van der Waals surface area (Å²) in [6, 6.07) is 4.66. The van der Waals surface area contributed by atoms with E-state index in [1.54, 1.807) is 0 Å². The number of nitrogens with zero attached hydrogens (tertiary/aromatic N) is 3. The van der Waals surface area contributed by atoms with Crippen LogP contribution < -0.4 is 4.52 Å². The summed E-state index contributed by atoms with van der Waals surface area (Å²) in [5.41, 5.74) is -0.748. The smallest absolute Gasteiger partial charge is 0.358 e. The van der Waals surface area contributed by atoms with Gasteiger partial charge in [-0.2, -0.15) is 13.2 Å². The number of halogens is 3. The third-order valence-corrected chi connectivity index (χ3v) is 4.54. The van der Waals surface area contributed by atoms with Crippen molar-refractivity contribution < 1.29 is 17.7 Å². The van der Waals surface area contributed by atoms with E-state index in [9.17, 15) is 13.2 Å². The van der Waals surface area contributed by atoms with Gasteiger partial charge in [-0.15, -0.1) is 0 Å². The van der Waals surface area contributed by atoms with Crippen LogP contribution in [0.2, 0.25) is 0 Å². The Morgan fingerprint density at radius 3 is 2.53 bits per heavy atom. The van der Waals surface area contributed by atoms with Gasteiger partial charge in [-0.05, 0) is 22.7 Å². The number of hydrogen-bond acceptors (Lipinski definition) is 4. The van der Waals surface area contributed by atoms with Gasteiger partial charge in [0, 0.05) is 9.02 Å². The molecule has 4 nitrogen and oxygen atoms in total. The molecule has 1 heterocycles. The van der Waals surface area contributed by atoms with E-state index in [-0.39, 0.29) is 5.75 Å². The van der Waals surface area contributed by atoms with Gasteiger partial charge in [0.1, 0.15) is 0 Å². The lowest BCUT2D eigenvalue weighted by Gasteiger charge is -2.06. The second-order valence-electron chi connectivity index (χ2n) is 2.82. The van der Waals surface area contributed by atoms with E-state index in [0.29, 0.717) is 17.0 Å². The van der Waals surface area contributed by atoms with E-state index >= 15 is 0 Å². The maximum atomic E-state index is 12.4. The molecule has 2 aromatic rings. The molecule has 10 heteroatoms. The van der Waals surface area contributed by atoms with Gasteiger partial charge in [0.2, 0.25) is 0 Å². The third-order valence-electron chi connectivity index (χ3n) is 1.66. The molecule has 0 bridgehead atoms. The first kappa shape index (κ1) is 12.6. The van der Waals surface area contributed by atoms with Crippen LogP contribution in [0, 0.1) is 0 Å². The Balaban J connectivity index is 2.23. The minimum absolute atomic E-state index is 0.116. The highest BCUT2D eigenvalue weighted by atomic mass is 31.2. The summed E-state index contributed by atoms with van der Waals surface area (Å²) >= 11 is 0. The van der Waals surface area contributed by atoms with Crippen LogP contribution in [0.4, 0.5) is 13.2 Å². The molecule has 2 rings (SSSR count). The Labute approximate surface area is 98.6 Å². The molecule has 88 valence electrons. The zero-order valence-corrected chi connectivity index (χ0v) is 10.7. The average molecular weight is 296 g/mol. The Morgan fingerprint density at radius 2 is 1.88 bits per heavy atom. The molecular weight excluding hydrogens is 292 g/mol. The zero-order valence-electron chi connectivity index (χ0n) is 8.03. The molecule has 0 spiro atoms. The number of hydrogen-bond donors (Lipinski definition) is 0. The number of alkyl halides is 3. The number of rotatable bonds is 2. The summed E-state index contributed by atoms with van der Waals surface area (Å²) in [4.78, 5) is 0. The van der Waals surface area contributed by atoms with Gasteiger partial charge in [-0.1, -0.05) is 6.07 Å². The van der Waals surface area contributed by atoms with E-state index < -0.39 is 19.8 Å². The minimum Gasteiger partial charge on any atom is -0.358 e. The molecule has 0 N–H and O–H groups in total. The summed E-state index contributed by atoms with van der Waals surface area (Å²) in [6.07, 6.45) is -4.38. The van der Waals surface area contributed by atoms with Crippen LogP contribution in [0.15, 0.2) is 24.3 Å². The second kappa shape index (κ2) is 5.18. The number of benzene rings is 1. The fourth-order valence-corrected chi connectivity index (χ4v) is 3.68. The van der Waals surface area contributed by atoms with Crippen LogP contribution >= 0.6 is 25.1 Å². The van der Waals surface area contributed by atoms with E-state index in [0.717, 1.165) is 12.1 Å². The summed E-state index contributed by atoms with van der Waals surface area (Å²) in [5.74, 6) is 0.116. The topological polar surface area (TPSA) is 47.9 Å². The zero-order chi connectivity index (χ0) is 12.3.